The van der Waals surface area contributed by atoms with Gasteiger partial charge in [0.2, 0.25) is 0 Å². The van der Waals surface area contributed by atoms with Crippen LogP contribution in [-0.2, 0) is 0 Å². The molecule has 0 unspecified atom stereocenters. The van der Waals surface area contributed by atoms with Gasteiger partial charge in [-0.1, -0.05) is 0 Å². The molecule has 13 heavy (non-hydrogen) atoms. The monoisotopic (exact) mass is 176 g/mol. The van der Waals surface area contributed by atoms with Crippen molar-refractivity contribution < 1.29 is 4.79 Å². The van der Waals surface area contributed by atoms with Gasteiger partial charge in [-0.25, -0.2) is 14.8 Å². The highest BCUT2D eigenvalue weighted by atomic mass is 16.1. The van der Waals surface area contributed by atoms with E-state index >= 15 is 0 Å². The molecule has 0 aromatic carbocycles. The predicted octanol–water partition coefficient (Wildman–Crippen LogP) is -0.474. The summed E-state index contributed by atoms with van der Waals surface area (Å²) in [7, 11) is 0. The Morgan fingerprint density at radius 3 is 2.92 bits per heavy atom. The summed E-state index contributed by atoms with van der Waals surface area (Å²) in [6, 6.07) is 0. The van der Waals surface area contributed by atoms with Crippen molar-refractivity contribution in [2.45, 2.75) is 0 Å². The lowest BCUT2D eigenvalue weighted by Crippen LogP contribution is -2.10. The first kappa shape index (κ1) is 7.53. The van der Waals surface area contributed by atoms with E-state index < -0.39 is 5.69 Å². The third kappa shape index (κ3) is 1.28. The number of H-pyrrole nitrogens is 1. The molecule has 0 atom stereocenters. The van der Waals surface area contributed by atoms with Crippen molar-refractivity contribution in [1.82, 2.24) is 19.9 Å². The fourth-order valence-electron chi connectivity index (χ4n) is 0.914. The molecule has 2 aromatic rings. The molecular formula is C7H4N4O2. The van der Waals surface area contributed by atoms with Gasteiger partial charge in [-0.3, -0.25) is 9.78 Å². The topological polar surface area (TPSA) is 88.6 Å². The minimum absolute atomic E-state index is 0.210. The Labute approximate surface area is 71.7 Å². The molecule has 0 aliphatic rings. The predicted molar refractivity (Wildman–Crippen MR) is 43.3 cm³/mol. The van der Waals surface area contributed by atoms with Gasteiger partial charge in [-0.05, 0) is 0 Å². The van der Waals surface area contributed by atoms with Crippen LogP contribution in [0.15, 0.2) is 17.2 Å². The van der Waals surface area contributed by atoms with Crippen molar-refractivity contribution >= 4 is 17.5 Å². The third-order valence-corrected chi connectivity index (χ3v) is 1.47. The molecule has 0 fully saturated rings. The van der Waals surface area contributed by atoms with Gasteiger partial charge in [0.25, 0.3) is 0 Å². The van der Waals surface area contributed by atoms with Gasteiger partial charge < -0.3 is 0 Å². The molecule has 2 heterocycles. The number of nitrogens with one attached hydrogen (secondary N) is 1. The Bertz CT molecular complexity index is 519. The van der Waals surface area contributed by atoms with E-state index in [1.165, 1.54) is 12.4 Å². The van der Waals surface area contributed by atoms with Gasteiger partial charge in [0.15, 0.2) is 11.9 Å². The zero-order chi connectivity index (χ0) is 9.26. The second-order valence-electron chi connectivity index (χ2n) is 2.33. The second kappa shape index (κ2) is 2.74. The second-order valence-corrected chi connectivity index (χ2v) is 2.33. The number of hydrogen-bond acceptors (Lipinski definition) is 5. The van der Waals surface area contributed by atoms with Gasteiger partial charge in [-0.15, -0.1) is 0 Å². The molecule has 0 spiro atoms. The van der Waals surface area contributed by atoms with Crippen molar-refractivity contribution in [3.8, 4) is 0 Å². The van der Waals surface area contributed by atoms with E-state index in [9.17, 15) is 9.59 Å². The molecule has 1 N–H and O–H groups in total. The minimum atomic E-state index is -0.486. The van der Waals surface area contributed by atoms with Crippen LogP contribution in [0.3, 0.4) is 0 Å². The van der Waals surface area contributed by atoms with Crippen LogP contribution in [0.25, 0.3) is 11.2 Å². The van der Waals surface area contributed by atoms with Gasteiger partial charge in [0, 0.05) is 0 Å². The quantitative estimate of drug-likeness (QED) is 0.593. The first-order valence-electron chi connectivity index (χ1n) is 3.47. The van der Waals surface area contributed by atoms with Gasteiger partial charge in [-0.2, -0.15) is 4.98 Å². The summed E-state index contributed by atoms with van der Waals surface area (Å²) < 4.78 is 0. The Morgan fingerprint density at radius 1 is 1.31 bits per heavy atom. The van der Waals surface area contributed by atoms with Crippen LogP contribution in [0, 0.1) is 0 Å². The fourth-order valence-corrected chi connectivity index (χ4v) is 0.914. The van der Waals surface area contributed by atoms with E-state index in [2.05, 4.69) is 19.9 Å². The van der Waals surface area contributed by atoms with E-state index in [4.69, 9.17) is 0 Å². The third-order valence-electron chi connectivity index (χ3n) is 1.47. The van der Waals surface area contributed by atoms with Crippen LogP contribution in [0.1, 0.15) is 10.5 Å². The number of fused-ring (bicyclic) bond motifs is 1. The number of aromatic amines is 1. The molecule has 64 valence electrons. The molecule has 6 heteroatoms. The zero-order valence-corrected chi connectivity index (χ0v) is 6.39. The number of nitrogens with zero attached hydrogens (tertiary/aromatic N) is 3. The first-order valence-corrected chi connectivity index (χ1v) is 3.47. The highest BCUT2D eigenvalue weighted by Crippen LogP contribution is 2.00. The van der Waals surface area contributed by atoms with Crippen molar-refractivity contribution in [1.29, 1.82) is 0 Å². The molecule has 0 amide bonds. The number of carbonyl (C=O) groups excluding carboxylic acids is 1. The molecule has 6 nitrogen and oxygen atoms in total. The van der Waals surface area contributed by atoms with Gasteiger partial charge in [0.1, 0.15) is 11.2 Å². The summed E-state index contributed by atoms with van der Waals surface area (Å²) in [5.74, 6) is 0. The average Bonchev–Trinajstić information content (AvgIpc) is 2.17. The lowest BCUT2D eigenvalue weighted by Gasteiger charge is -1.93. The van der Waals surface area contributed by atoms with Crippen LogP contribution in [0.2, 0.25) is 0 Å². The van der Waals surface area contributed by atoms with Crippen LogP contribution >= 0.6 is 0 Å². The number of aldehydes is 1. The number of hydrogen-bond donors (Lipinski definition) is 1. The fraction of sp³-hybridized carbons (Fsp3) is 0. The van der Waals surface area contributed by atoms with Crippen molar-refractivity contribution in [2.24, 2.45) is 0 Å². The van der Waals surface area contributed by atoms with E-state index in [-0.39, 0.29) is 5.69 Å². The molecular weight excluding hydrogens is 172 g/mol. The molecule has 0 aliphatic heterocycles. The Morgan fingerprint density at radius 2 is 2.15 bits per heavy atom. The largest absolute Gasteiger partial charge is 0.346 e. The Balaban J connectivity index is 2.80. The number of rotatable bonds is 1. The van der Waals surface area contributed by atoms with Crippen LogP contribution in [-0.4, -0.2) is 26.2 Å². The van der Waals surface area contributed by atoms with Crippen molar-refractivity contribution in [3.63, 3.8) is 0 Å². The molecule has 0 radical (unpaired) electrons. The molecule has 2 rings (SSSR count). The maximum Gasteiger partial charge on any atom is 0.346 e. The highest BCUT2D eigenvalue weighted by molar-refractivity contribution is 5.76. The SMILES string of the molecule is O=Cc1cnc2[nH]c(=O)ncc2n1. The molecule has 0 saturated carbocycles. The van der Waals surface area contributed by atoms with Gasteiger partial charge >= 0.3 is 5.69 Å². The summed E-state index contributed by atoms with van der Waals surface area (Å²) in [4.78, 5) is 34.6. The zero-order valence-electron chi connectivity index (χ0n) is 6.39. The van der Waals surface area contributed by atoms with Crippen LogP contribution in [0.4, 0.5) is 0 Å². The van der Waals surface area contributed by atoms with Crippen LogP contribution in [0.5, 0.6) is 0 Å². The summed E-state index contributed by atoms with van der Waals surface area (Å²) in [6.07, 6.45) is 3.14. The van der Waals surface area contributed by atoms with Gasteiger partial charge in [0.05, 0.1) is 12.4 Å². The Hall–Kier alpha value is -2.11. The average molecular weight is 176 g/mol. The standard InChI is InChI=1S/C7H4N4O2/c12-3-4-1-8-6-5(10-4)2-9-7(13)11-6/h1-3H,(H,8,9,11,13). The molecule has 0 saturated heterocycles. The lowest BCUT2D eigenvalue weighted by molar-refractivity contribution is 0.111. The van der Waals surface area contributed by atoms with E-state index in [0.29, 0.717) is 17.5 Å². The normalized spacial score (nSPS) is 10.2. The molecule has 0 aliphatic carbocycles. The number of carbonyl (C=O) groups is 1. The maximum atomic E-state index is 10.7. The minimum Gasteiger partial charge on any atom is -0.296 e. The van der Waals surface area contributed by atoms with E-state index in [0.717, 1.165) is 0 Å². The summed E-state index contributed by atoms with van der Waals surface area (Å²) in [5.41, 5.74) is 0.441. The summed E-state index contributed by atoms with van der Waals surface area (Å²) in [6.45, 7) is 0. The van der Waals surface area contributed by atoms with Crippen molar-refractivity contribution in [2.75, 3.05) is 0 Å². The first-order chi connectivity index (χ1) is 6.29. The van der Waals surface area contributed by atoms with Crippen molar-refractivity contribution in [3.05, 3.63) is 28.6 Å². The summed E-state index contributed by atoms with van der Waals surface area (Å²) in [5, 5.41) is 0. The van der Waals surface area contributed by atoms with E-state index in [1.54, 1.807) is 0 Å². The maximum absolute atomic E-state index is 10.7. The number of aromatic nitrogens is 4. The highest BCUT2D eigenvalue weighted by Gasteiger charge is 1.99. The summed E-state index contributed by atoms with van der Waals surface area (Å²) >= 11 is 0. The molecule has 0 bridgehead atoms. The van der Waals surface area contributed by atoms with E-state index in [1.807, 2.05) is 0 Å². The van der Waals surface area contributed by atoms with Crippen LogP contribution < -0.4 is 5.69 Å². The smallest absolute Gasteiger partial charge is 0.296 e. The Kier molecular flexibility index (Phi) is 1.59. The molecule has 2 aromatic heterocycles. The lowest BCUT2D eigenvalue weighted by atomic mass is 10.4.